The molecule has 0 aliphatic carbocycles. The molecule has 4 rings (SSSR count). The summed E-state index contributed by atoms with van der Waals surface area (Å²) in [5, 5.41) is 10.9. The van der Waals surface area contributed by atoms with Crippen LogP contribution in [0, 0.1) is 13.8 Å². The summed E-state index contributed by atoms with van der Waals surface area (Å²) in [5.41, 5.74) is 5.03. The van der Waals surface area contributed by atoms with E-state index in [0.717, 1.165) is 28.3 Å². The van der Waals surface area contributed by atoms with E-state index < -0.39 is 0 Å². The summed E-state index contributed by atoms with van der Waals surface area (Å²) in [4.78, 5) is 12.9. The highest BCUT2D eigenvalue weighted by Gasteiger charge is 2.17. The average Bonchev–Trinajstić information content (AvgIpc) is 3.20. The van der Waals surface area contributed by atoms with Gasteiger partial charge in [-0.3, -0.25) is 10.1 Å². The van der Waals surface area contributed by atoms with Crippen LogP contribution in [0.2, 0.25) is 0 Å². The standard InChI is InChI=1S/C27H28N4O2/c1-19-9-13-23(14-10-19)31-25(17-20(2)30-31)29-26(32)18-28-27(21-7-5-4-6-8-21)22-11-15-24(33-3)16-12-22/h4-17,27-28H,18H2,1-3H3,(H,29,32)/t27-/m0/s1. The van der Waals surface area contributed by atoms with E-state index >= 15 is 0 Å². The maximum Gasteiger partial charge on any atom is 0.239 e. The van der Waals surface area contributed by atoms with Gasteiger partial charge in [0.15, 0.2) is 0 Å². The molecule has 0 spiro atoms. The molecule has 0 unspecified atom stereocenters. The Morgan fingerprint density at radius 3 is 2.27 bits per heavy atom. The Hall–Kier alpha value is -3.90. The lowest BCUT2D eigenvalue weighted by molar-refractivity contribution is -0.115. The fourth-order valence-electron chi connectivity index (χ4n) is 3.72. The van der Waals surface area contributed by atoms with Gasteiger partial charge in [0.05, 0.1) is 31.1 Å². The first-order valence-electron chi connectivity index (χ1n) is 10.9. The highest BCUT2D eigenvalue weighted by Crippen LogP contribution is 2.24. The number of aryl methyl sites for hydroxylation is 2. The molecule has 0 saturated heterocycles. The number of methoxy groups -OCH3 is 1. The predicted molar refractivity (Wildman–Crippen MR) is 131 cm³/mol. The number of benzene rings is 3. The van der Waals surface area contributed by atoms with Gasteiger partial charge in [-0.2, -0.15) is 5.10 Å². The van der Waals surface area contributed by atoms with E-state index in [0.29, 0.717) is 5.82 Å². The molecule has 33 heavy (non-hydrogen) atoms. The number of hydrogen-bond acceptors (Lipinski definition) is 4. The Bertz CT molecular complexity index is 1200. The lowest BCUT2D eigenvalue weighted by atomic mass is 9.98. The summed E-state index contributed by atoms with van der Waals surface area (Å²) in [7, 11) is 1.65. The minimum Gasteiger partial charge on any atom is -0.497 e. The Morgan fingerprint density at radius 2 is 1.61 bits per heavy atom. The third-order valence-corrected chi connectivity index (χ3v) is 5.43. The van der Waals surface area contributed by atoms with Gasteiger partial charge in [0, 0.05) is 6.07 Å². The molecule has 2 N–H and O–H groups in total. The number of nitrogens with one attached hydrogen (secondary N) is 2. The summed E-state index contributed by atoms with van der Waals surface area (Å²) in [6, 6.07) is 27.7. The van der Waals surface area contributed by atoms with Crippen molar-refractivity contribution in [3.8, 4) is 11.4 Å². The van der Waals surface area contributed by atoms with Crippen LogP contribution in [0.3, 0.4) is 0 Å². The number of carbonyl (C=O) groups is 1. The average molecular weight is 441 g/mol. The van der Waals surface area contributed by atoms with Crippen molar-refractivity contribution in [3.63, 3.8) is 0 Å². The Morgan fingerprint density at radius 1 is 0.939 bits per heavy atom. The molecule has 0 fully saturated rings. The zero-order chi connectivity index (χ0) is 23.2. The van der Waals surface area contributed by atoms with E-state index in [4.69, 9.17) is 4.74 Å². The van der Waals surface area contributed by atoms with Crippen molar-refractivity contribution in [2.75, 3.05) is 19.0 Å². The summed E-state index contributed by atoms with van der Waals surface area (Å²) in [5.74, 6) is 1.30. The maximum absolute atomic E-state index is 12.9. The van der Waals surface area contributed by atoms with E-state index in [9.17, 15) is 4.79 Å². The Labute approximate surface area is 194 Å². The predicted octanol–water partition coefficient (Wildman–Crippen LogP) is 4.82. The molecular formula is C27H28N4O2. The number of hydrogen-bond donors (Lipinski definition) is 2. The normalized spacial score (nSPS) is 11.7. The van der Waals surface area contributed by atoms with Crippen LogP contribution in [0.15, 0.2) is 84.9 Å². The fourth-order valence-corrected chi connectivity index (χ4v) is 3.72. The van der Waals surface area contributed by atoms with E-state index in [1.54, 1.807) is 11.8 Å². The second-order valence-electron chi connectivity index (χ2n) is 7.96. The Balaban J connectivity index is 1.50. The number of rotatable bonds is 8. The topological polar surface area (TPSA) is 68.2 Å². The minimum atomic E-state index is -0.141. The van der Waals surface area contributed by atoms with Gasteiger partial charge in [0.2, 0.25) is 5.91 Å². The van der Waals surface area contributed by atoms with E-state index in [1.165, 1.54) is 5.56 Å². The van der Waals surface area contributed by atoms with Gasteiger partial charge in [0.25, 0.3) is 0 Å². The van der Waals surface area contributed by atoms with Crippen molar-refractivity contribution < 1.29 is 9.53 Å². The van der Waals surface area contributed by atoms with E-state index in [2.05, 4.69) is 27.9 Å². The molecule has 168 valence electrons. The largest absolute Gasteiger partial charge is 0.497 e. The zero-order valence-corrected chi connectivity index (χ0v) is 19.1. The third kappa shape index (κ3) is 5.48. The maximum atomic E-state index is 12.9. The zero-order valence-electron chi connectivity index (χ0n) is 19.1. The molecule has 0 saturated carbocycles. The van der Waals surface area contributed by atoms with Crippen molar-refractivity contribution >= 4 is 11.7 Å². The third-order valence-electron chi connectivity index (χ3n) is 5.43. The summed E-state index contributed by atoms with van der Waals surface area (Å²) < 4.78 is 7.04. The van der Waals surface area contributed by atoms with E-state index in [1.807, 2.05) is 86.6 Å². The smallest absolute Gasteiger partial charge is 0.239 e. The van der Waals surface area contributed by atoms with Gasteiger partial charge >= 0.3 is 0 Å². The van der Waals surface area contributed by atoms with Crippen molar-refractivity contribution in [2.45, 2.75) is 19.9 Å². The number of ether oxygens (including phenoxy) is 1. The quantitative estimate of drug-likeness (QED) is 0.412. The van der Waals surface area contributed by atoms with Crippen LogP contribution < -0.4 is 15.4 Å². The van der Waals surface area contributed by atoms with Crippen molar-refractivity contribution in [3.05, 3.63) is 107 Å². The van der Waals surface area contributed by atoms with Crippen molar-refractivity contribution in [1.82, 2.24) is 15.1 Å². The SMILES string of the molecule is COc1ccc([C@@H](NCC(=O)Nc2cc(C)nn2-c2ccc(C)cc2)c2ccccc2)cc1. The van der Waals surface area contributed by atoms with Gasteiger partial charge in [-0.15, -0.1) is 0 Å². The monoisotopic (exact) mass is 440 g/mol. The molecule has 0 bridgehead atoms. The summed E-state index contributed by atoms with van der Waals surface area (Å²) in [6.45, 7) is 4.09. The molecule has 6 heteroatoms. The molecule has 1 aromatic heterocycles. The molecule has 0 radical (unpaired) electrons. The number of anilines is 1. The van der Waals surface area contributed by atoms with Crippen LogP contribution in [0.4, 0.5) is 5.82 Å². The summed E-state index contributed by atoms with van der Waals surface area (Å²) >= 11 is 0. The highest BCUT2D eigenvalue weighted by molar-refractivity contribution is 5.91. The van der Waals surface area contributed by atoms with Gasteiger partial charge in [0.1, 0.15) is 11.6 Å². The minimum absolute atomic E-state index is 0.133. The van der Waals surface area contributed by atoms with Crippen LogP contribution in [0.1, 0.15) is 28.4 Å². The van der Waals surface area contributed by atoms with Gasteiger partial charge in [-0.05, 0) is 49.2 Å². The molecule has 4 aromatic rings. The van der Waals surface area contributed by atoms with Gasteiger partial charge < -0.3 is 10.1 Å². The van der Waals surface area contributed by atoms with Crippen LogP contribution >= 0.6 is 0 Å². The molecule has 1 atom stereocenters. The fraction of sp³-hybridized carbons (Fsp3) is 0.185. The first-order valence-corrected chi connectivity index (χ1v) is 10.9. The lowest BCUT2D eigenvalue weighted by Gasteiger charge is -2.20. The van der Waals surface area contributed by atoms with Gasteiger partial charge in [-0.1, -0.05) is 60.2 Å². The van der Waals surface area contributed by atoms with Gasteiger partial charge in [-0.25, -0.2) is 4.68 Å². The van der Waals surface area contributed by atoms with Crippen LogP contribution in [-0.2, 0) is 4.79 Å². The Kier molecular flexibility index (Phi) is 6.86. The molecular weight excluding hydrogens is 412 g/mol. The summed E-state index contributed by atoms with van der Waals surface area (Å²) in [6.07, 6.45) is 0. The van der Waals surface area contributed by atoms with Crippen LogP contribution in [-0.4, -0.2) is 29.3 Å². The van der Waals surface area contributed by atoms with Crippen LogP contribution in [0.25, 0.3) is 5.69 Å². The van der Waals surface area contributed by atoms with E-state index in [-0.39, 0.29) is 18.5 Å². The highest BCUT2D eigenvalue weighted by atomic mass is 16.5. The number of aromatic nitrogens is 2. The molecule has 6 nitrogen and oxygen atoms in total. The van der Waals surface area contributed by atoms with Crippen molar-refractivity contribution in [2.24, 2.45) is 0 Å². The first-order chi connectivity index (χ1) is 16.0. The number of nitrogens with zero attached hydrogens (tertiary/aromatic N) is 2. The van der Waals surface area contributed by atoms with Crippen LogP contribution in [0.5, 0.6) is 5.75 Å². The lowest BCUT2D eigenvalue weighted by Crippen LogP contribution is -2.32. The molecule has 3 aromatic carbocycles. The number of carbonyl (C=O) groups excluding carboxylic acids is 1. The second kappa shape index (κ2) is 10.1. The molecule has 1 heterocycles. The molecule has 1 amide bonds. The first kappa shape index (κ1) is 22.3. The molecule has 0 aliphatic heterocycles. The second-order valence-corrected chi connectivity index (χ2v) is 7.96. The molecule has 0 aliphatic rings. The number of amides is 1. The van der Waals surface area contributed by atoms with Crippen molar-refractivity contribution in [1.29, 1.82) is 0 Å².